The first-order chi connectivity index (χ1) is 11.8. The van der Waals surface area contributed by atoms with Gasteiger partial charge >= 0.3 is 5.97 Å². The number of hydrogen-bond acceptors (Lipinski definition) is 5. The third-order valence-corrected chi connectivity index (χ3v) is 5.52. The minimum atomic E-state index is -0.403. The summed E-state index contributed by atoms with van der Waals surface area (Å²) >= 11 is 1.40. The van der Waals surface area contributed by atoms with Gasteiger partial charge in [0.15, 0.2) is 5.69 Å². The summed E-state index contributed by atoms with van der Waals surface area (Å²) in [6.45, 7) is 8.67. The highest BCUT2D eigenvalue weighted by atomic mass is 32.1. The fraction of sp³-hybridized carbons (Fsp3) is 0.737. The van der Waals surface area contributed by atoms with E-state index in [1.54, 1.807) is 12.3 Å². The molecule has 5 nitrogen and oxygen atoms in total. The summed E-state index contributed by atoms with van der Waals surface area (Å²) in [4.78, 5) is 30.8. The molecular formula is C19H30N2O3S. The van der Waals surface area contributed by atoms with E-state index in [1.165, 1.54) is 37.0 Å². The Hall–Kier alpha value is -1.43. The van der Waals surface area contributed by atoms with Crippen LogP contribution in [0.5, 0.6) is 0 Å². The molecule has 1 aromatic heterocycles. The van der Waals surface area contributed by atoms with Gasteiger partial charge in [0.25, 0.3) is 0 Å². The van der Waals surface area contributed by atoms with Crippen LogP contribution in [0.2, 0.25) is 0 Å². The second-order valence-electron chi connectivity index (χ2n) is 7.69. The largest absolute Gasteiger partial charge is 0.461 e. The van der Waals surface area contributed by atoms with Gasteiger partial charge in [-0.15, -0.1) is 11.3 Å². The highest BCUT2D eigenvalue weighted by Gasteiger charge is 2.28. The number of esters is 1. The molecule has 0 saturated heterocycles. The van der Waals surface area contributed by atoms with Gasteiger partial charge in [0.05, 0.1) is 13.2 Å². The van der Waals surface area contributed by atoms with Crippen LogP contribution in [0.25, 0.3) is 0 Å². The lowest BCUT2D eigenvalue weighted by Crippen LogP contribution is -2.45. The summed E-state index contributed by atoms with van der Waals surface area (Å²) in [6.07, 6.45) is 6.71. The number of amides is 1. The lowest BCUT2D eigenvalue weighted by molar-refractivity contribution is -0.137. The van der Waals surface area contributed by atoms with Gasteiger partial charge in [0, 0.05) is 17.3 Å². The normalized spacial score (nSPS) is 15.4. The number of thiazole rings is 1. The van der Waals surface area contributed by atoms with Gasteiger partial charge in [-0.1, -0.05) is 25.7 Å². The fourth-order valence-corrected chi connectivity index (χ4v) is 4.03. The Balaban J connectivity index is 1.99. The Morgan fingerprint density at radius 3 is 2.60 bits per heavy atom. The van der Waals surface area contributed by atoms with Gasteiger partial charge in [0.2, 0.25) is 5.91 Å². The van der Waals surface area contributed by atoms with Crippen molar-refractivity contribution in [1.29, 1.82) is 0 Å². The third-order valence-electron chi connectivity index (χ3n) is 4.68. The van der Waals surface area contributed by atoms with Gasteiger partial charge in [-0.3, -0.25) is 4.79 Å². The Morgan fingerprint density at radius 1 is 1.32 bits per heavy atom. The Bertz CT molecular complexity index is 586. The van der Waals surface area contributed by atoms with Crippen molar-refractivity contribution in [1.82, 2.24) is 9.88 Å². The van der Waals surface area contributed by atoms with Crippen LogP contribution >= 0.6 is 11.3 Å². The molecule has 140 valence electrons. The molecule has 1 aliphatic carbocycles. The molecule has 1 aromatic rings. The lowest BCUT2D eigenvalue weighted by atomic mass is 9.99. The monoisotopic (exact) mass is 366 g/mol. The van der Waals surface area contributed by atoms with E-state index in [0.29, 0.717) is 31.2 Å². The molecule has 0 unspecified atom stereocenters. The molecule has 2 rings (SSSR count). The van der Waals surface area contributed by atoms with Crippen molar-refractivity contribution in [2.45, 2.75) is 78.3 Å². The predicted molar refractivity (Wildman–Crippen MR) is 99.6 cm³/mol. The second-order valence-corrected chi connectivity index (χ2v) is 8.63. The number of rotatable bonds is 7. The van der Waals surface area contributed by atoms with Gasteiger partial charge in [-0.05, 0) is 40.0 Å². The molecule has 0 N–H and O–H groups in total. The van der Waals surface area contributed by atoms with Crippen LogP contribution in [-0.4, -0.2) is 33.9 Å². The van der Waals surface area contributed by atoms with Crippen LogP contribution in [0.15, 0.2) is 5.38 Å². The number of nitrogens with zero attached hydrogens (tertiary/aromatic N) is 2. The van der Waals surface area contributed by atoms with Crippen molar-refractivity contribution in [3.8, 4) is 0 Å². The van der Waals surface area contributed by atoms with E-state index in [9.17, 15) is 9.59 Å². The smallest absolute Gasteiger partial charge is 0.357 e. The number of aromatic nitrogens is 1. The van der Waals surface area contributed by atoms with E-state index >= 15 is 0 Å². The van der Waals surface area contributed by atoms with Gasteiger partial charge < -0.3 is 9.64 Å². The van der Waals surface area contributed by atoms with E-state index in [-0.39, 0.29) is 11.4 Å². The van der Waals surface area contributed by atoms with Crippen molar-refractivity contribution in [3.05, 3.63) is 16.1 Å². The maximum Gasteiger partial charge on any atom is 0.357 e. The quantitative estimate of drug-likeness (QED) is 0.670. The van der Waals surface area contributed by atoms with E-state index in [1.807, 2.05) is 25.7 Å². The summed E-state index contributed by atoms with van der Waals surface area (Å²) in [5.74, 6) is 0.480. The molecule has 1 fully saturated rings. The van der Waals surface area contributed by atoms with Gasteiger partial charge in [0.1, 0.15) is 5.01 Å². The Kier molecular flexibility index (Phi) is 6.99. The van der Waals surface area contributed by atoms with Crippen molar-refractivity contribution in [2.75, 3.05) is 6.61 Å². The van der Waals surface area contributed by atoms with E-state index in [2.05, 4.69) is 4.98 Å². The maximum atomic E-state index is 12.8. The number of carbonyl (C=O) groups is 2. The van der Waals surface area contributed by atoms with E-state index in [4.69, 9.17) is 4.74 Å². The molecule has 1 saturated carbocycles. The first-order valence-electron chi connectivity index (χ1n) is 9.23. The van der Waals surface area contributed by atoms with Crippen molar-refractivity contribution in [3.63, 3.8) is 0 Å². The molecule has 1 aliphatic rings. The summed E-state index contributed by atoms with van der Waals surface area (Å²) in [5.41, 5.74) is 0.0526. The fourth-order valence-electron chi connectivity index (χ4n) is 3.28. The average Bonchev–Trinajstić information content (AvgIpc) is 3.21. The van der Waals surface area contributed by atoms with Crippen LogP contribution in [0.1, 0.15) is 81.7 Å². The topological polar surface area (TPSA) is 59.5 Å². The van der Waals surface area contributed by atoms with E-state index in [0.717, 1.165) is 11.4 Å². The summed E-state index contributed by atoms with van der Waals surface area (Å²) in [5, 5.41) is 2.48. The minimum absolute atomic E-state index is 0.173. The van der Waals surface area contributed by atoms with Gasteiger partial charge in [-0.2, -0.15) is 0 Å². The molecule has 0 spiro atoms. The highest BCUT2D eigenvalue weighted by Crippen LogP contribution is 2.29. The Morgan fingerprint density at radius 2 is 2.00 bits per heavy atom. The molecule has 0 aromatic carbocycles. The highest BCUT2D eigenvalue weighted by molar-refractivity contribution is 7.09. The van der Waals surface area contributed by atoms with Crippen LogP contribution in [-0.2, 0) is 16.1 Å². The summed E-state index contributed by atoms with van der Waals surface area (Å²) < 4.78 is 4.98. The number of carbonyl (C=O) groups excluding carboxylic acids is 2. The predicted octanol–water partition coefficient (Wildman–Crippen LogP) is 4.42. The van der Waals surface area contributed by atoms with Crippen LogP contribution in [0.3, 0.4) is 0 Å². The zero-order valence-corrected chi connectivity index (χ0v) is 16.7. The molecular weight excluding hydrogens is 336 g/mol. The van der Waals surface area contributed by atoms with Gasteiger partial charge in [-0.25, -0.2) is 9.78 Å². The molecule has 0 radical (unpaired) electrons. The maximum absolute atomic E-state index is 12.8. The molecule has 1 heterocycles. The first kappa shape index (κ1) is 19.9. The van der Waals surface area contributed by atoms with Crippen molar-refractivity contribution < 1.29 is 14.3 Å². The minimum Gasteiger partial charge on any atom is -0.461 e. The zero-order chi connectivity index (χ0) is 18.4. The molecule has 25 heavy (non-hydrogen) atoms. The van der Waals surface area contributed by atoms with Crippen molar-refractivity contribution >= 4 is 23.2 Å². The third kappa shape index (κ3) is 5.80. The second kappa shape index (κ2) is 8.79. The standard InChI is InChI=1S/C19H30N2O3S/c1-5-24-18(23)15-13-25-16(20-15)12-21(19(2,3)4)17(22)11-10-14-8-6-7-9-14/h13-14H,5-12H2,1-4H3. The van der Waals surface area contributed by atoms with Crippen LogP contribution in [0, 0.1) is 5.92 Å². The molecule has 0 bridgehead atoms. The molecule has 0 atom stereocenters. The summed E-state index contributed by atoms with van der Waals surface area (Å²) in [7, 11) is 0. The average molecular weight is 367 g/mol. The molecule has 6 heteroatoms. The SMILES string of the molecule is CCOC(=O)c1csc(CN(C(=O)CCC2CCCC2)C(C)(C)C)n1. The Labute approximate surface area is 154 Å². The zero-order valence-electron chi connectivity index (χ0n) is 15.8. The van der Waals surface area contributed by atoms with Crippen molar-refractivity contribution in [2.24, 2.45) is 5.92 Å². The number of ether oxygens (including phenoxy) is 1. The summed E-state index contributed by atoms with van der Waals surface area (Å²) in [6, 6.07) is 0. The van der Waals surface area contributed by atoms with E-state index < -0.39 is 5.97 Å². The molecule has 0 aliphatic heterocycles. The first-order valence-corrected chi connectivity index (χ1v) is 10.1. The van der Waals surface area contributed by atoms with Crippen LogP contribution in [0.4, 0.5) is 0 Å². The lowest BCUT2D eigenvalue weighted by Gasteiger charge is -2.35. The molecule has 1 amide bonds. The number of hydrogen-bond donors (Lipinski definition) is 0. The van der Waals surface area contributed by atoms with Crippen LogP contribution < -0.4 is 0 Å².